The number of esters is 1. The molecule has 0 radical (unpaired) electrons. The molecule has 10 nitrogen and oxygen atoms in total. The summed E-state index contributed by atoms with van der Waals surface area (Å²) in [5.41, 5.74) is 0.196. The maximum absolute atomic E-state index is 13.6. The van der Waals surface area contributed by atoms with Crippen molar-refractivity contribution < 1.29 is 33.5 Å². The van der Waals surface area contributed by atoms with Gasteiger partial charge in [0, 0.05) is 0 Å². The molecule has 10 heteroatoms. The van der Waals surface area contributed by atoms with Crippen molar-refractivity contribution in [1.82, 2.24) is 15.7 Å². The van der Waals surface area contributed by atoms with E-state index in [2.05, 4.69) is 10.6 Å². The Morgan fingerprint density at radius 2 is 1.94 bits per heavy atom. The second-order valence-corrected chi connectivity index (χ2v) is 9.86. The summed E-state index contributed by atoms with van der Waals surface area (Å²) in [5, 5.41) is 7.02. The van der Waals surface area contributed by atoms with E-state index in [1.165, 1.54) is 5.06 Å². The number of rotatable bonds is 9. The van der Waals surface area contributed by atoms with Crippen LogP contribution in [0, 0.1) is 11.3 Å². The van der Waals surface area contributed by atoms with E-state index < -0.39 is 41.5 Å². The summed E-state index contributed by atoms with van der Waals surface area (Å²) in [7, 11) is 0. The van der Waals surface area contributed by atoms with Gasteiger partial charge in [-0.15, -0.1) is 0 Å². The topological polar surface area (TPSA) is 123 Å². The van der Waals surface area contributed by atoms with Crippen LogP contribution in [0.15, 0.2) is 30.3 Å². The van der Waals surface area contributed by atoms with Gasteiger partial charge in [-0.3, -0.25) is 19.2 Å². The minimum Gasteiger partial charge on any atom is -0.463 e. The predicted octanol–water partition coefficient (Wildman–Crippen LogP) is 1.97. The van der Waals surface area contributed by atoms with Crippen molar-refractivity contribution in [2.75, 3.05) is 19.8 Å². The third-order valence-corrected chi connectivity index (χ3v) is 6.13. The Kier molecular flexibility index (Phi) is 8.85. The highest BCUT2D eigenvalue weighted by Gasteiger charge is 2.47. The van der Waals surface area contributed by atoms with Gasteiger partial charge < -0.3 is 20.1 Å². The zero-order valence-corrected chi connectivity index (χ0v) is 20.7. The van der Waals surface area contributed by atoms with Crippen LogP contribution in [0.3, 0.4) is 0 Å². The summed E-state index contributed by atoms with van der Waals surface area (Å²) < 4.78 is 10.3. The first-order valence-electron chi connectivity index (χ1n) is 12.0. The predicted molar refractivity (Wildman–Crippen MR) is 126 cm³/mol. The molecule has 2 amide bonds. The Balaban J connectivity index is 1.70. The summed E-state index contributed by atoms with van der Waals surface area (Å²) >= 11 is 0. The van der Waals surface area contributed by atoms with Gasteiger partial charge in [-0.25, -0.2) is 9.86 Å². The molecule has 2 saturated heterocycles. The summed E-state index contributed by atoms with van der Waals surface area (Å²) in [4.78, 5) is 56.8. The first-order chi connectivity index (χ1) is 16.6. The van der Waals surface area contributed by atoms with Crippen molar-refractivity contribution in [1.29, 1.82) is 0 Å². The third-order valence-electron chi connectivity index (χ3n) is 6.13. The first kappa shape index (κ1) is 26.6. The quantitative estimate of drug-likeness (QED) is 0.399. The molecule has 2 heterocycles. The van der Waals surface area contributed by atoms with Crippen LogP contribution in [0.2, 0.25) is 0 Å². The number of Topliss-reactive ketones (excluding diaryl/α,β-unsaturated/α-hetero) is 1. The Bertz CT molecular complexity index is 915. The van der Waals surface area contributed by atoms with Crippen LogP contribution in [-0.4, -0.2) is 66.7 Å². The number of alkyl carbamates (subject to hydrolysis) is 1. The van der Waals surface area contributed by atoms with Crippen LogP contribution in [-0.2, 0) is 35.3 Å². The van der Waals surface area contributed by atoms with Crippen LogP contribution in [0.4, 0.5) is 4.79 Å². The highest BCUT2D eigenvalue weighted by molar-refractivity contribution is 5.97. The number of carbonyl (C=O) groups excluding carboxylic acids is 4. The lowest BCUT2D eigenvalue weighted by Crippen LogP contribution is -2.57. The molecular formula is C25H35N3O7. The van der Waals surface area contributed by atoms with E-state index in [-0.39, 0.29) is 37.9 Å². The smallest absolute Gasteiger partial charge is 0.408 e. The van der Waals surface area contributed by atoms with Gasteiger partial charge >= 0.3 is 12.1 Å². The molecule has 0 bridgehead atoms. The van der Waals surface area contributed by atoms with E-state index in [0.717, 1.165) is 5.56 Å². The van der Waals surface area contributed by atoms with E-state index in [1.807, 2.05) is 51.1 Å². The lowest BCUT2D eigenvalue weighted by Gasteiger charge is -2.34. The number of ketones is 1. The molecule has 3 rings (SSSR count). The minimum absolute atomic E-state index is 0.0456. The largest absolute Gasteiger partial charge is 0.463 e. The van der Waals surface area contributed by atoms with Crippen LogP contribution >= 0.6 is 0 Å². The molecule has 1 unspecified atom stereocenters. The van der Waals surface area contributed by atoms with E-state index in [9.17, 15) is 19.2 Å². The Hall–Kier alpha value is -2.98. The maximum Gasteiger partial charge on any atom is 0.408 e. The number of hydroxylamine groups is 2. The number of cyclic esters (lactones) is 1. The van der Waals surface area contributed by atoms with Gasteiger partial charge in [-0.05, 0) is 30.9 Å². The molecule has 192 valence electrons. The fourth-order valence-corrected chi connectivity index (χ4v) is 4.35. The maximum atomic E-state index is 13.6. The summed E-state index contributed by atoms with van der Waals surface area (Å²) in [6.07, 6.45) is -0.236. The lowest BCUT2D eigenvalue weighted by atomic mass is 9.79. The third kappa shape index (κ3) is 6.79. The first-order valence-corrected chi connectivity index (χ1v) is 12.0. The molecule has 2 aliphatic heterocycles. The molecule has 35 heavy (non-hydrogen) atoms. The zero-order valence-electron chi connectivity index (χ0n) is 20.7. The normalized spacial score (nSPS) is 22.9. The Morgan fingerprint density at radius 3 is 2.54 bits per heavy atom. The van der Waals surface area contributed by atoms with E-state index in [1.54, 1.807) is 6.92 Å². The van der Waals surface area contributed by atoms with Gasteiger partial charge in [0.2, 0.25) is 0 Å². The molecule has 0 saturated carbocycles. The monoisotopic (exact) mass is 489 g/mol. The van der Waals surface area contributed by atoms with Crippen molar-refractivity contribution in [3.05, 3.63) is 35.9 Å². The van der Waals surface area contributed by atoms with Gasteiger partial charge in [0.1, 0.15) is 19.3 Å². The van der Waals surface area contributed by atoms with Crippen molar-refractivity contribution in [3.8, 4) is 0 Å². The molecule has 2 fully saturated rings. The van der Waals surface area contributed by atoms with Gasteiger partial charge in [0.15, 0.2) is 5.78 Å². The number of benzene rings is 1. The summed E-state index contributed by atoms with van der Waals surface area (Å²) in [6, 6.07) is 7.00. The Labute approximate surface area is 205 Å². The highest BCUT2D eigenvalue weighted by Crippen LogP contribution is 2.28. The second-order valence-electron chi connectivity index (χ2n) is 9.86. The van der Waals surface area contributed by atoms with Crippen molar-refractivity contribution in [3.63, 3.8) is 0 Å². The van der Waals surface area contributed by atoms with Crippen LogP contribution in [0.25, 0.3) is 0 Å². The summed E-state index contributed by atoms with van der Waals surface area (Å²) in [6.45, 7) is 8.09. The molecule has 0 aliphatic carbocycles. The number of nitrogens with zero attached hydrogens (tertiary/aromatic N) is 1. The number of hydrogen-bond donors (Lipinski definition) is 2. The van der Waals surface area contributed by atoms with Gasteiger partial charge in [0.25, 0.3) is 5.91 Å². The SMILES string of the molecule is CCON(C(=O)[C@H]1CCNC1C(=O)[C@@H](NC(=O)OCc1ccccc1)C(C)(C)C)[C@@H]1COC(=O)C1. The number of carbonyl (C=O) groups is 4. The standard InChI is InChI=1S/C25H35N3O7/c1-5-35-28(17-13-19(29)33-15-17)23(31)18-11-12-26-20(18)21(30)22(25(2,3)4)27-24(32)34-14-16-9-7-6-8-10-16/h6-10,17-18,20,22,26H,5,11-15H2,1-4H3,(H,27,32)/t17-,18-,20?,22+/m0/s1. The molecule has 0 aromatic heterocycles. The van der Waals surface area contributed by atoms with Gasteiger partial charge in [-0.1, -0.05) is 51.1 Å². The summed E-state index contributed by atoms with van der Waals surface area (Å²) in [5.74, 6) is -1.77. The zero-order chi connectivity index (χ0) is 25.6. The number of nitrogens with one attached hydrogen (secondary N) is 2. The van der Waals surface area contributed by atoms with Gasteiger partial charge in [-0.2, -0.15) is 0 Å². The number of amides is 2. The van der Waals surface area contributed by atoms with Crippen molar-refractivity contribution in [2.24, 2.45) is 11.3 Å². The fourth-order valence-electron chi connectivity index (χ4n) is 4.35. The highest BCUT2D eigenvalue weighted by atomic mass is 16.7. The molecule has 1 aromatic carbocycles. The average Bonchev–Trinajstić information content (AvgIpc) is 3.48. The van der Waals surface area contributed by atoms with Crippen molar-refractivity contribution in [2.45, 2.75) is 65.3 Å². The van der Waals surface area contributed by atoms with E-state index in [0.29, 0.717) is 13.0 Å². The fraction of sp³-hybridized carbons (Fsp3) is 0.600. The number of ether oxygens (including phenoxy) is 2. The second kappa shape index (κ2) is 11.6. The molecular weight excluding hydrogens is 454 g/mol. The molecule has 2 aliphatic rings. The van der Waals surface area contributed by atoms with Gasteiger partial charge in [0.05, 0.1) is 31.0 Å². The van der Waals surface area contributed by atoms with Crippen molar-refractivity contribution >= 4 is 23.8 Å². The molecule has 0 spiro atoms. The molecule has 1 aromatic rings. The minimum atomic E-state index is -0.895. The van der Waals surface area contributed by atoms with E-state index >= 15 is 0 Å². The van der Waals surface area contributed by atoms with E-state index in [4.69, 9.17) is 14.3 Å². The van der Waals surface area contributed by atoms with Crippen LogP contribution in [0.5, 0.6) is 0 Å². The van der Waals surface area contributed by atoms with Crippen LogP contribution in [0.1, 0.15) is 46.1 Å². The Morgan fingerprint density at radius 1 is 1.23 bits per heavy atom. The van der Waals surface area contributed by atoms with Crippen LogP contribution < -0.4 is 10.6 Å². The lowest BCUT2D eigenvalue weighted by molar-refractivity contribution is -0.203. The average molecular weight is 490 g/mol. The molecule has 4 atom stereocenters. The molecule has 2 N–H and O–H groups in total. The number of hydrogen-bond acceptors (Lipinski definition) is 8.